The van der Waals surface area contributed by atoms with Crippen LogP contribution in [0.5, 0.6) is 0 Å². The minimum absolute atomic E-state index is 0.0579. The minimum atomic E-state index is -0.0922. The number of likely N-dealkylation sites (tertiary alicyclic amines) is 1. The Morgan fingerprint density at radius 1 is 1.16 bits per heavy atom. The van der Waals surface area contributed by atoms with Crippen molar-refractivity contribution in [3.63, 3.8) is 0 Å². The van der Waals surface area contributed by atoms with Crippen LogP contribution < -0.4 is 5.32 Å². The molecule has 1 aliphatic heterocycles. The van der Waals surface area contributed by atoms with Crippen LogP contribution in [0.4, 0.5) is 0 Å². The van der Waals surface area contributed by atoms with Gasteiger partial charge in [-0.05, 0) is 99.0 Å². The van der Waals surface area contributed by atoms with E-state index in [1.54, 1.807) is 11.3 Å². The van der Waals surface area contributed by atoms with E-state index in [9.17, 15) is 9.59 Å². The van der Waals surface area contributed by atoms with Crippen molar-refractivity contribution in [2.45, 2.75) is 64.3 Å². The maximum atomic E-state index is 13.3. The smallest absolute Gasteiger partial charge is 0.270 e. The van der Waals surface area contributed by atoms with Crippen LogP contribution in [-0.4, -0.2) is 40.4 Å². The summed E-state index contributed by atoms with van der Waals surface area (Å²) in [6.45, 7) is 3.54. The van der Waals surface area contributed by atoms with Gasteiger partial charge in [0.05, 0.1) is 16.1 Å². The normalized spacial score (nSPS) is 34.8. The minimum Gasteiger partial charge on any atom is -0.353 e. The number of hydrogen-bond donors (Lipinski definition) is 1. The van der Waals surface area contributed by atoms with Crippen LogP contribution in [-0.2, 0) is 11.8 Å². The molecule has 0 aromatic carbocycles. The third-order valence-corrected chi connectivity index (χ3v) is 10.2. The fourth-order valence-corrected chi connectivity index (χ4v) is 8.83. The number of aromatic nitrogens is 1. The van der Waals surface area contributed by atoms with Gasteiger partial charge in [-0.15, -0.1) is 11.3 Å². The number of amides is 2. The fraction of sp³-hybridized carbons (Fsp3) is 0.692. The molecule has 4 saturated carbocycles. The second-order valence-corrected chi connectivity index (χ2v) is 12.3. The molecule has 172 valence electrons. The SMILES string of the molecule is CC(NC(=O)C1CCCN(C(=O)c2cc3sccc3n2C)C1)C12CC3CC(CC(C3)C1)C2. The molecule has 2 amide bonds. The number of fused-ring (bicyclic) bond motifs is 1. The summed E-state index contributed by atoms with van der Waals surface area (Å²) in [5.74, 6) is 2.81. The number of thiophene rings is 1. The summed E-state index contributed by atoms with van der Waals surface area (Å²) in [5, 5.41) is 5.51. The lowest BCUT2D eigenvalue weighted by molar-refractivity contribution is -0.131. The van der Waals surface area contributed by atoms with E-state index in [1.165, 1.54) is 38.5 Å². The molecule has 2 aromatic heterocycles. The first kappa shape index (κ1) is 20.8. The van der Waals surface area contributed by atoms with Gasteiger partial charge in [0, 0.05) is 26.2 Å². The van der Waals surface area contributed by atoms with Gasteiger partial charge < -0.3 is 14.8 Å². The Morgan fingerprint density at radius 3 is 2.50 bits per heavy atom. The van der Waals surface area contributed by atoms with Crippen molar-refractivity contribution in [3.8, 4) is 0 Å². The summed E-state index contributed by atoms with van der Waals surface area (Å²) in [6.07, 6.45) is 9.98. The van der Waals surface area contributed by atoms with Crippen molar-refractivity contribution in [2.75, 3.05) is 13.1 Å². The van der Waals surface area contributed by atoms with E-state index in [0.717, 1.165) is 53.1 Å². The van der Waals surface area contributed by atoms with Crippen molar-refractivity contribution >= 4 is 33.4 Å². The zero-order valence-corrected chi connectivity index (χ0v) is 20.1. The maximum Gasteiger partial charge on any atom is 0.270 e. The van der Waals surface area contributed by atoms with Crippen molar-refractivity contribution in [1.82, 2.24) is 14.8 Å². The molecular weight excluding hydrogens is 418 g/mol. The first-order chi connectivity index (χ1) is 15.4. The molecule has 1 N–H and O–H groups in total. The molecular formula is C26H35N3O2S. The third kappa shape index (κ3) is 3.32. The molecule has 4 bridgehead atoms. The summed E-state index contributed by atoms with van der Waals surface area (Å²) in [4.78, 5) is 28.5. The van der Waals surface area contributed by atoms with Gasteiger partial charge in [-0.1, -0.05) is 0 Å². The first-order valence-corrected chi connectivity index (χ1v) is 13.4. The highest BCUT2D eigenvalue weighted by molar-refractivity contribution is 7.17. The average Bonchev–Trinajstić information content (AvgIpc) is 3.35. The predicted octanol–water partition coefficient (Wildman–Crippen LogP) is 4.81. The Hall–Kier alpha value is -1.82. The molecule has 2 aromatic rings. The molecule has 3 heterocycles. The number of nitrogens with zero attached hydrogens (tertiary/aromatic N) is 2. The zero-order chi connectivity index (χ0) is 22.0. The van der Waals surface area contributed by atoms with Crippen LogP contribution >= 0.6 is 11.3 Å². The molecule has 7 rings (SSSR count). The first-order valence-electron chi connectivity index (χ1n) is 12.5. The quantitative estimate of drug-likeness (QED) is 0.722. The topological polar surface area (TPSA) is 54.3 Å². The standard InChI is InChI=1S/C26H35N3O2S/c1-16(26-12-17-8-18(13-26)10-19(9-17)14-26)27-24(30)20-4-3-6-29(15-20)25(31)22-11-23-21(28(22)2)5-7-32-23/h5,7,11,16-20H,3-4,6,8-10,12-15H2,1-2H3,(H,27,30). The molecule has 6 heteroatoms. The van der Waals surface area contributed by atoms with E-state index >= 15 is 0 Å². The Bertz CT molecular complexity index is 1020. The fourth-order valence-electron chi connectivity index (χ4n) is 7.99. The molecule has 0 radical (unpaired) electrons. The van der Waals surface area contributed by atoms with Crippen molar-refractivity contribution in [1.29, 1.82) is 0 Å². The molecule has 1 saturated heterocycles. The molecule has 2 atom stereocenters. The van der Waals surface area contributed by atoms with Crippen LogP contribution in [0.2, 0.25) is 0 Å². The lowest BCUT2D eigenvalue weighted by Crippen LogP contribution is -2.57. The molecule has 0 spiro atoms. The Labute approximate surface area is 194 Å². The van der Waals surface area contributed by atoms with Gasteiger partial charge in [-0.3, -0.25) is 9.59 Å². The van der Waals surface area contributed by atoms with Crippen LogP contribution in [0, 0.1) is 29.1 Å². The highest BCUT2D eigenvalue weighted by Gasteiger charge is 2.53. The molecule has 4 aliphatic carbocycles. The Kier molecular flexibility index (Phi) is 4.94. The number of carbonyl (C=O) groups excluding carboxylic acids is 2. The number of hydrogen-bond acceptors (Lipinski definition) is 3. The molecule has 5 aliphatic rings. The second kappa shape index (κ2) is 7.61. The summed E-state index contributed by atoms with van der Waals surface area (Å²) < 4.78 is 3.14. The lowest BCUT2D eigenvalue weighted by Gasteiger charge is -2.59. The van der Waals surface area contributed by atoms with Crippen LogP contribution in [0.25, 0.3) is 10.2 Å². The third-order valence-electron chi connectivity index (χ3n) is 9.33. The lowest BCUT2D eigenvalue weighted by atomic mass is 9.48. The van der Waals surface area contributed by atoms with E-state index in [-0.39, 0.29) is 23.8 Å². The largest absolute Gasteiger partial charge is 0.353 e. The number of nitrogens with one attached hydrogen (secondary N) is 1. The summed E-state index contributed by atoms with van der Waals surface area (Å²) in [7, 11) is 1.96. The van der Waals surface area contributed by atoms with E-state index < -0.39 is 0 Å². The van der Waals surface area contributed by atoms with Crippen molar-refractivity contribution in [3.05, 3.63) is 23.2 Å². The number of piperidine rings is 1. The van der Waals surface area contributed by atoms with Crippen LogP contribution in [0.15, 0.2) is 17.5 Å². The highest BCUT2D eigenvalue weighted by Crippen LogP contribution is 2.61. The average molecular weight is 454 g/mol. The van der Waals surface area contributed by atoms with Gasteiger partial charge in [0.25, 0.3) is 5.91 Å². The Morgan fingerprint density at radius 2 is 1.84 bits per heavy atom. The predicted molar refractivity (Wildman–Crippen MR) is 128 cm³/mol. The zero-order valence-electron chi connectivity index (χ0n) is 19.3. The highest BCUT2D eigenvalue weighted by atomic mass is 32.1. The van der Waals surface area contributed by atoms with Crippen LogP contribution in [0.1, 0.15) is 68.8 Å². The molecule has 5 nitrogen and oxygen atoms in total. The number of rotatable bonds is 4. The summed E-state index contributed by atoms with van der Waals surface area (Å²) in [5.41, 5.74) is 2.16. The van der Waals surface area contributed by atoms with Gasteiger partial charge in [-0.25, -0.2) is 0 Å². The van der Waals surface area contributed by atoms with Gasteiger partial charge in [0.2, 0.25) is 5.91 Å². The summed E-state index contributed by atoms with van der Waals surface area (Å²) >= 11 is 1.67. The number of aryl methyl sites for hydroxylation is 1. The van der Waals surface area contributed by atoms with E-state index in [0.29, 0.717) is 12.0 Å². The number of carbonyl (C=O) groups is 2. The summed E-state index contributed by atoms with van der Waals surface area (Å²) in [6, 6.07) is 4.31. The Balaban J connectivity index is 1.13. The monoisotopic (exact) mass is 453 g/mol. The van der Waals surface area contributed by atoms with E-state index in [2.05, 4.69) is 23.7 Å². The molecule has 5 fully saturated rings. The molecule has 2 unspecified atom stereocenters. The van der Waals surface area contributed by atoms with Gasteiger partial charge in [-0.2, -0.15) is 0 Å². The van der Waals surface area contributed by atoms with E-state index in [4.69, 9.17) is 0 Å². The second-order valence-electron chi connectivity index (χ2n) is 11.4. The van der Waals surface area contributed by atoms with Gasteiger partial charge in [0.15, 0.2) is 0 Å². The maximum absolute atomic E-state index is 13.3. The van der Waals surface area contributed by atoms with Gasteiger partial charge in [0.1, 0.15) is 5.69 Å². The van der Waals surface area contributed by atoms with Gasteiger partial charge >= 0.3 is 0 Å². The van der Waals surface area contributed by atoms with Crippen molar-refractivity contribution < 1.29 is 9.59 Å². The van der Waals surface area contributed by atoms with Crippen LogP contribution in [0.3, 0.4) is 0 Å². The van der Waals surface area contributed by atoms with Crippen molar-refractivity contribution in [2.24, 2.45) is 36.1 Å². The molecule has 32 heavy (non-hydrogen) atoms. The van der Waals surface area contributed by atoms with E-state index in [1.807, 2.05) is 22.6 Å².